The molecule has 7 heteroatoms. The fourth-order valence-corrected chi connectivity index (χ4v) is 1.51. The first-order chi connectivity index (χ1) is 7.09. The van der Waals surface area contributed by atoms with E-state index >= 15 is 0 Å². The lowest BCUT2D eigenvalue weighted by Gasteiger charge is -2.12. The number of amides is 1. The van der Waals surface area contributed by atoms with E-state index in [1.54, 1.807) is 13.1 Å². The molecule has 2 heterocycles. The maximum absolute atomic E-state index is 10.9. The van der Waals surface area contributed by atoms with Crippen molar-refractivity contribution >= 4 is 12.1 Å². The highest BCUT2D eigenvalue weighted by atomic mass is 16.6. The van der Waals surface area contributed by atoms with Crippen LogP contribution in [-0.4, -0.2) is 33.0 Å². The van der Waals surface area contributed by atoms with E-state index in [1.807, 2.05) is 0 Å². The van der Waals surface area contributed by atoms with Gasteiger partial charge in [-0.25, -0.2) is 9.59 Å². The van der Waals surface area contributed by atoms with Crippen molar-refractivity contribution < 1.29 is 19.4 Å². The number of ether oxygens (including phenoxy) is 1. The maximum Gasteiger partial charge on any atom is 0.408 e. The molecule has 7 nitrogen and oxygen atoms in total. The Hall–Kier alpha value is -2.05. The molecule has 80 valence electrons. The Bertz CT molecular complexity index is 414. The van der Waals surface area contributed by atoms with Gasteiger partial charge in [0.1, 0.15) is 0 Å². The minimum atomic E-state index is -1.13. The average Bonchev–Trinajstić information content (AvgIpc) is 2.71. The minimum Gasteiger partial charge on any atom is -0.480 e. The Balaban J connectivity index is 2.32. The molecule has 0 radical (unpaired) electrons. The first kappa shape index (κ1) is 9.50. The summed E-state index contributed by atoms with van der Waals surface area (Å²) in [5.74, 6) is -1.13. The van der Waals surface area contributed by atoms with Crippen LogP contribution >= 0.6 is 0 Å². The molecule has 2 N–H and O–H groups in total. The molecule has 0 aromatic carbocycles. The standard InChI is InChI=1S/C8H9N3O4/c1-11-4(2-3-9-11)6-5(7(12)13)10-8(14)15-6/h2-3,5-6H,1H3,(H,10,14)(H,12,13). The van der Waals surface area contributed by atoms with Gasteiger partial charge in [-0.15, -0.1) is 0 Å². The number of rotatable bonds is 2. The lowest BCUT2D eigenvalue weighted by molar-refractivity contribution is -0.140. The molecule has 2 atom stereocenters. The van der Waals surface area contributed by atoms with Crippen LogP contribution in [0, 0.1) is 0 Å². The third-order valence-electron chi connectivity index (χ3n) is 2.23. The molecular weight excluding hydrogens is 202 g/mol. The van der Waals surface area contributed by atoms with Crippen molar-refractivity contribution in [2.24, 2.45) is 7.05 Å². The SMILES string of the molecule is Cn1nccc1C1OC(=O)NC1C(=O)O. The van der Waals surface area contributed by atoms with Crippen LogP contribution in [0.1, 0.15) is 11.8 Å². The molecule has 0 spiro atoms. The van der Waals surface area contributed by atoms with Crippen LogP contribution in [0.4, 0.5) is 4.79 Å². The summed E-state index contributed by atoms with van der Waals surface area (Å²) in [6.07, 6.45) is -0.0449. The van der Waals surface area contributed by atoms with Crippen molar-refractivity contribution in [1.29, 1.82) is 0 Å². The first-order valence-electron chi connectivity index (χ1n) is 4.27. The zero-order valence-corrected chi connectivity index (χ0v) is 7.88. The fourth-order valence-electron chi connectivity index (χ4n) is 1.51. The Kier molecular flexibility index (Phi) is 2.07. The van der Waals surface area contributed by atoms with Crippen molar-refractivity contribution in [3.05, 3.63) is 18.0 Å². The van der Waals surface area contributed by atoms with Crippen molar-refractivity contribution in [3.63, 3.8) is 0 Å². The molecule has 2 unspecified atom stereocenters. The van der Waals surface area contributed by atoms with Crippen molar-refractivity contribution in [1.82, 2.24) is 15.1 Å². The van der Waals surface area contributed by atoms with Crippen LogP contribution in [0.2, 0.25) is 0 Å². The molecule has 0 aliphatic carbocycles. The van der Waals surface area contributed by atoms with Gasteiger partial charge in [-0.1, -0.05) is 0 Å². The number of aliphatic carboxylic acids is 1. The maximum atomic E-state index is 10.9. The summed E-state index contributed by atoms with van der Waals surface area (Å²) in [6.45, 7) is 0. The van der Waals surface area contributed by atoms with Crippen molar-refractivity contribution in [3.8, 4) is 0 Å². The fraction of sp³-hybridized carbons (Fsp3) is 0.375. The number of nitrogens with one attached hydrogen (secondary N) is 1. The smallest absolute Gasteiger partial charge is 0.408 e. The number of carboxylic acid groups (broad SMARTS) is 1. The van der Waals surface area contributed by atoms with Crippen LogP contribution < -0.4 is 5.32 Å². The second kappa shape index (κ2) is 3.26. The molecule has 1 fully saturated rings. The Morgan fingerprint density at radius 1 is 1.73 bits per heavy atom. The largest absolute Gasteiger partial charge is 0.480 e. The lowest BCUT2D eigenvalue weighted by Crippen LogP contribution is -2.36. The highest BCUT2D eigenvalue weighted by molar-refractivity contribution is 5.83. The number of nitrogens with zero attached hydrogens (tertiary/aromatic N) is 2. The van der Waals surface area contributed by atoms with Gasteiger partial charge in [0.05, 0.1) is 5.69 Å². The van der Waals surface area contributed by atoms with Crippen LogP contribution in [0.25, 0.3) is 0 Å². The number of aromatic nitrogens is 2. The zero-order valence-electron chi connectivity index (χ0n) is 7.88. The lowest BCUT2D eigenvalue weighted by atomic mass is 10.1. The average molecular weight is 211 g/mol. The summed E-state index contributed by atoms with van der Waals surface area (Å²) in [5, 5.41) is 15.0. The highest BCUT2D eigenvalue weighted by Crippen LogP contribution is 2.25. The predicted octanol–water partition coefficient (Wildman–Crippen LogP) is -0.346. The summed E-state index contributed by atoms with van der Waals surface area (Å²) < 4.78 is 6.34. The van der Waals surface area contributed by atoms with Gasteiger partial charge in [-0.05, 0) is 6.07 Å². The number of aryl methyl sites for hydroxylation is 1. The zero-order chi connectivity index (χ0) is 11.0. The van der Waals surface area contributed by atoms with E-state index in [0.717, 1.165) is 0 Å². The van der Waals surface area contributed by atoms with E-state index in [4.69, 9.17) is 9.84 Å². The Morgan fingerprint density at radius 3 is 3.00 bits per heavy atom. The number of carboxylic acids is 1. The van der Waals surface area contributed by atoms with E-state index < -0.39 is 24.2 Å². The van der Waals surface area contributed by atoms with Crippen LogP contribution in [-0.2, 0) is 16.6 Å². The highest BCUT2D eigenvalue weighted by Gasteiger charge is 2.41. The van der Waals surface area contributed by atoms with E-state index in [0.29, 0.717) is 5.69 Å². The van der Waals surface area contributed by atoms with Gasteiger partial charge in [0.15, 0.2) is 12.1 Å². The number of carbonyl (C=O) groups excluding carboxylic acids is 1. The van der Waals surface area contributed by atoms with E-state index in [9.17, 15) is 9.59 Å². The predicted molar refractivity (Wildman–Crippen MR) is 47.0 cm³/mol. The van der Waals surface area contributed by atoms with Crippen LogP contribution in [0.3, 0.4) is 0 Å². The summed E-state index contributed by atoms with van der Waals surface area (Å²) in [4.78, 5) is 21.8. The Morgan fingerprint density at radius 2 is 2.47 bits per heavy atom. The number of cyclic esters (lactones) is 1. The summed E-state index contributed by atoms with van der Waals surface area (Å²) >= 11 is 0. The van der Waals surface area contributed by atoms with Gasteiger partial charge in [0.2, 0.25) is 0 Å². The van der Waals surface area contributed by atoms with Crippen molar-refractivity contribution in [2.45, 2.75) is 12.1 Å². The van der Waals surface area contributed by atoms with Crippen LogP contribution in [0.5, 0.6) is 0 Å². The molecule has 1 aliphatic rings. The molecule has 1 aromatic heterocycles. The molecule has 0 bridgehead atoms. The van der Waals surface area contributed by atoms with E-state index in [-0.39, 0.29) is 0 Å². The van der Waals surface area contributed by atoms with Gasteiger partial charge in [0, 0.05) is 13.2 Å². The van der Waals surface area contributed by atoms with Gasteiger partial charge >= 0.3 is 12.1 Å². The monoisotopic (exact) mass is 211 g/mol. The molecule has 1 saturated heterocycles. The second-order valence-corrected chi connectivity index (χ2v) is 3.17. The molecular formula is C8H9N3O4. The van der Waals surface area contributed by atoms with Crippen LogP contribution in [0.15, 0.2) is 12.3 Å². The molecule has 15 heavy (non-hydrogen) atoms. The van der Waals surface area contributed by atoms with E-state index in [2.05, 4.69) is 10.4 Å². The number of hydrogen-bond acceptors (Lipinski definition) is 4. The second-order valence-electron chi connectivity index (χ2n) is 3.17. The topological polar surface area (TPSA) is 93.5 Å². The third kappa shape index (κ3) is 1.51. The number of carbonyl (C=O) groups is 2. The molecule has 1 aromatic rings. The summed E-state index contributed by atoms with van der Waals surface area (Å²) in [5.41, 5.74) is 0.542. The minimum absolute atomic E-state index is 0.542. The number of hydrogen-bond donors (Lipinski definition) is 2. The number of alkyl carbamates (subject to hydrolysis) is 1. The third-order valence-corrected chi connectivity index (χ3v) is 2.23. The van der Waals surface area contributed by atoms with Gasteiger partial charge in [-0.3, -0.25) is 4.68 Å². The first-order valence-corrected chi connectivity index (χ1v) is 4.27. The van der Waals surface area contributed by atoms with E-state index in [1.165, 1.54) is 10.9 Å². The van der Waals surface area contributed by atoms with Gasteiger partial charge < -0.3 is 15.2 Å². The molecule has 0 saturated carbocycles. The van der Waals surface area contributed by atoms with Crippen molar-refractivity contribution in [2.75, 3.05) is 0 Å². The normalized spacial score (nSPS) is 24.7. The molecule has 1 aliphatic heterocycles. The summed E-state index contributed by atoms with van der Waals surface area (Å²) in [7, 11) is 1.65. The molecule has 2 rings (SSSR count). The Labute approximate surface area is 84.6 Å². The quantitative estimate of drug-likeness (QED) is 0.697. The summed E-state index contributed by atoms with van der Waals surface area (Å²) in [6, 6.07) is 0.550. The van der Waals surface area contributed by atoms with Gasteiger partial charge in [-0.2, -0.15) is 5.10 Å². The van der Waals surface area contributed by atoms with Gasteiger partial charge in [0.25, 0.3) is 0 Å². The molecule has 1 amide bonds.